The van der Waals surface area contributed by atoms with E-state index in [0.717, 1.165) is 0 Å². The first kappa shape index (κ1) is 13.5. The summed E-state index contributed by atoms with van der Waals surface area (Å²) in [6.45, 7) is 0. The molecule has 0 saturated carbocycles. The molecule has 21 heavy (non-hydrogen) atoms. The monoisotopic (exact) mass is 288 g/mol. The molecule has 0 bridgehead atoms. The number of rotatable bonds is 2. The highest BCUT2D eigenvalue weighted by molar-refractivity contribution is 5.98. The number of hydrogen-bond acceptors (Lipinski definition) is 4. The van der Waals surface area contributed by atoms with Crippen molar-refractivity contribution in [2.75, 3.05) is 5.06 Å². The van der Waals surface area contributed by atoms with Gasteiger partial charge in [-0.25, -0.2) is 4.39 Å². The van der Waals surface area contributed by atoms with Crippen molar-refractivity contribution >= 4 is 11.6 Å². The van der Waals surface area contributed by atoms with Crippen LogP contribution in [0, 0.1) is 5.82 Å². The molecule has 0 fully saturated rings. The van der Waals surface area contributed by atoms with Crippen molar-refractivity contribution in [1.29, 1.82) is 0 Å². The third-order valence-electron chi connectivity index (χ3n) is 3.29. The Morgan fingerprint density at radius 2 is 1.86 bits per heavy atom. The summed E-state index contributed by atoms with van der Waals surface area (Å²) in [5, 5.41) is 10.3. The highest BCUT2D eigenvalue weighted by Gasteiger charge is 2.29. The van der Waals surface area contributed by atoms with Crippen LogP contribution in [0.25, 0.3) is 0 Å². The van der Waals surface area contributed by atoms with Gasteiger partial charge in [0.15, 0.2) is 0 Å². The zero-order valence-electron chi connectivity index (χ0n) is 11.0. The topological polar surface area (TPSA) is 75.8 Å². The van der Waals surface area contributed by atoms with Gasteiger partial charge in [-0.3, -0.25) is 10.0 Å². The Labute approximate surface area is 120 Å². The second kappa shape index (κ2) is 5.16. The van der Waals surface area contributed by atoms with Gasteiger partial charge in [0.25, 0.3) is 5.91 Å². The first-order chi connectivity index (χ1) is 10.0. The second-order valence-corrected chi connectivity index (χ2v) is 4.81. The lowest BCUT2D eigenvalue weighted by atomic mass is 9.99. The number of amides is 1. The van der Waals surface area contributed by atoms with Crippen LogP contribution >= 0.6 is 0 Å². The van der Waals surface area contributed by atoms with E-state index in [1.807, 2.05) is 0 Å². The van der Waals surface area contributed by atoms with Gasteiger partial charge >= 0.3 is 0 Å². The molecule has 0 aliphatic carbocycles. The minimum Gasteiger partial charge on any atom is -0.457 e. The van der Waals surface area contributed by atoms with E-state index in [1.54, 1.807) is 18.2 Å². The number of nitrogens with zero attached hydrogens (tertiary/aromatic N) is 1. The summed E-state index contributed by atoms with van der Waals surface area (Å²) in [6.07, 6.45) is 0.325. The van der Waals surface area contributed by atoms with E-state index in [-0.39, 0.29) is 5.82 Å². The zero-order chi connectivity index (χ0) is 15.0. The number of fused-ring (bicyclic) bond motifs is 1. The molecule has 2 aromatic rings. The van der Waals surface area contributed by atoms with Crippen molar-refractivity contribution in [3.63, 3.8) is 0 Å². The van der Waals surface area contributed by atoms with E-state index in [9.17, 15) is 14.4 Å². The van der Waals surface area contributed by atoms with Gasteiger partial charge in [0.05, 0.1) is 11.7 Å². The van der Waals surface area contributed by atoms with Crippen LogP contribution in [-0.4, -0.2) is 17.2 Å². The molecule has 3 N–H and O–H groups in total. The minimum atomic E-state index is -0.774. The molecule has 0 radical (unpaired) electrons. The van der Waals surface area contributed by atoms with E-state index >= 15 is 0 Å². The van der Waals surface area contributed by atoms with Crippen molar-refractivity contribution < 1.29 is 19.1 Å². The second-order valence-electron chi connectivity index (χ2n) is 4.81. The van der Waals surface area contributed by atoms with Crippen LogP contribution < -0.4 is 15.5 Å². The molecule has 1 heterocycles. The fourth-order valence-electron chi connectivity index (χ4n) is 2.23. The molecule has 6 heteroatoms. The Hall–Kier alpha value is -2.44. The highest BCUT2D eigenvalue weighted by Crippen LogP contribution is 2.31. The van der Waals surface area contributed by atoms with Gasteiger partial charge in [0.2, 0.25) is 0 Å². The summed E-state index contributed by atoms with van der Waals surface area (Å²) in [7, 11) is 0. The van der Waals surface area contributed by atoms with E-state index in [4.69, 9.17) is 10.5 Å². The summed E-state index contributed by atoms with van der Waals surface area (Å²) >= 11 is 0. The lowest BCUT2D eigenvalue weighted by Gasteiger charge is -2.27. The lowest BCUT2D eigenvalue weighted by molar-refractivity contribution is -0.125. The zero-order valence-corrected chi connectivity index (χ0v) is 11.0. The van der Waals surface area contributed by atoms with Crippen molar-refractivity contribution in [3.05, 3.63) is 53.8 Å². The maximum Gasteiger partial charge on any atom is 0.267 e. The first-order valence-electron chi connectivity index (χ1n) is 6.39. The fraction of sp³-hybridized carbons (Fsp3) is 0.133. The third kappa shape index (κ3) is 2.58. The first-order valence-corrected chi connectivity index (χ1v) is 6.39. The SMILES string of the molecule is NC1Cc2cc(Oc3ccc(F)cc3)ccc2N(O)C1=O. The molecular weight excluding hydrogens is 275 g/mol. The van der Waals surface area contributed by atoms with Gasteiger partial charge in [-0.2, -0.15) is 5.06 Å². The van der Waals surface area contributed by atoms with Crippen LogP contribution in [0.4, 0.5) is 10.1 Å². The fourth-order valence-corrected chi connectivity index (χ4v) is 2.23. The standard InChI is InChI=1S/C15H13FN2O3/c16-10-1-3-11(4-2-10)21-12-5-6-14-9(7-12)8-13(17)15(19)18(14)20/h1-7,13,20H,8,17H2. The molecule has 1 unspecified atom stereocenters. The molecule has 0 spiro atoms. The molecule has 1 atom stereocenters. The summed E-state index contributed by atoms with van der Waals surface area (Å²) in [5.74, 6) is 0.145. The Morgan fingerprint density at radius 1 is 1.19 bits per heavy atom. The van der Waals surface area contributed by atoms with Crippen LogP contribution in [-0.2, 0) is 11.2 Å². The third-order valence-corrected chi connectivity index (χ3v) is 3.29. The molecule has 3 rings (SSSR count). The number of anilines is 1. The van der Waals surface area contributed by atoms with E-state index in [2.05, 4.69) is 0 Å². The van der Waals surface area contributed by atoms with E-state index < -0.39 is 11.9 Å². The van der Waals surface area contributed by atoms with Crippen LogP contribution in [0.1, 0.15) is 5.56 Å². The number of hydroxylamine groups is 1. The van der Waals surface area contributed by atoms with Gasteiger partial charge in [-0.1, -0.05) is 0 Å². The largest absolute Gasteiger partial charge is 0.457 e. The number of hydrogen-bond donors (Lipinski definition) is 2. The van der Waals surface area contributed by atoms with Crippen LogP contribution in [0.2, 0.25) is 0 Å². The van der Waals surface area contributed by atoms with Crippen LogP contribution in [0.3, 0.4) is 0 Å². The predicted octanol–water partition coefficient (Wildman–Crippen LogP) is 2.22. The van der Waals surface area contributed by atoms with Gasteiger partial charge in [-0.15, -0.1) is 0 Å². The number of ether oxygens (including phenoxy) is 1. The number of nitrogens with two attached hydrogens (primary N) is 1. The highest BCUT2D eigenvalue weighted by atomic mass is 19.1. The summed E-state index contributed by atoms with van der Waals surface area (Å²) in [5.41, 5.74) is 6.78. The number of carbonyl (C=O) groups is 1. The molecule has 0 saturated heterocycles. The van der Waals surface area contributed by atoms with Crippen molar-refractivity contribution in [2.45, 2.75) is 12.5 Å². The van der Waals surface area contributed by atoms with Crippen LogP contribution in [0.15, 0.2) is 42.5 Å². The molecule has 1 aliphatic heterocycles. The molecule has 108 valence electrons. The molecule has 2 aromatic carbocycles. The van der Waals surface area contributed by atoms with E-state index in [0.29, 0.717) is 34.2 Å². The molecule has 1 aliphatic rings. The van der Waals surface area contributed by atoms with Gasteiger partial charge in [0, 0.05) is 0 Å². The van der Waals surface area contributed by atoms with Gasteiger partial charge in [0.1, 0.15) is 17.3 Å². The number of carbonyl (C=O) groups excluding carboxylic acids is 1. The molecule has 0 aromatic heterocycles. The minimum absolute atomic E-state index is 0.325. The Morgan fingerprint density at radius 3 is 2.57 bits per heavy atom. The van der Waals surface area contributed by atoms with Crippen molar-refractivity contribution in [2.24, 2.45) is 5.73 Å². The normalized spacial score (nSPS) is 17.6. The van der Waals surface area contributed by atoms with E-state index in [1.165, 1.54) is 24.3 Å². The van der Waals surface area contributed by atoms with Crippen LogP contribution in [0.5, 0.6) is 11.5 Å². The average molecular weight is 288 g/mol. The Kier molecular flexibility index (Phi) is 3.32. The smallest absolute Gasteiger partial charge is 0.267 e. The summed E-state index contributed by atoms with van der Waals surface area (Å²) < 4.78 is 18.4. The maximum atomic E-state index is 12.8. The van der Waals surface area contributed by atoms with Gasteiger partial charge < -0.3 is 10.5 Å². The summed E-state index contributed by atoms with van der Waals surface area (Å²) in [4.78, 5) is 11.6. The predicted molar refractivity (Wildman–Crippen MR) is 73.9 cm³/mol. The average Bonchev–Trinajstić information content (AvgIpc) is 2.47. The van der Waals surface area contributed by atoms with Crippen molar-refractivity contribution in [3.8, 4) is 11.5 Å². The molecule has 5 nitrogen and oxygen atoms in total. The quantitative estimate of drug-likeness (QED) is 0.831. The Balaban J connectivity index is 1.88. The molecular formula is C15H13FN2O3. The maximum absolute atomic E-state index is 12.8. The molecule has 1 amide bonds. The summed E-state index contributed by atoms with van der Waals surface area (Å²) in [6, 6.07) is 9.77. The van der Waals surface area contributed by atoms with Gasteiger partial charge in [-0.05, 0) is 54.4 Å². The number of halogens is 1. The lowest BCUT2D eigenvalue weighted by Crippen LogP contribution is -2.47. The number of benzene rings is 2. The van der Waals surface area contributed by atoms with Crippen molar-refractivity contribution in [1.82, 2.24) is 0 Å². The Bertz CT molecular complexity index is 688.